The summed E-state index contributed by atoms with van der Waals surface area (Å²) in [6, 6.07) is 10.3. The second-order valence-electron chi connectivity index (χ2n) is 9.71. The van der Waals surface area contributed by atoms with E-state index in [2.05, 4.69) is 9.80 Å². The van der Waals surface area contributed by atoms with Crippen LogP contribution in [0.2, 0.25) is 0 Å². The molecule has 3 heterocycles. The molecule has 0 bridgehead atoms. The average molecular weight is 530 g/mol. The molecule has 2 saturated heterocycles. The number of ether oxygens (including phenoxy) is 2. The first-order valence-electron chi connectivity index (χ1n) is 12.7. The monoisotopic (exact) mass is 529 g/mol. The van der Waals surface area contributed by atoms with Crippen LogP contribution in [-0.2, 0) is 17.5 Å². The Kier molecular flexibility index (Phi) is 7.56. The summed E-state index contributed by atoms with van der Waals surface area (Å²) >= 11 is 0. The molecule has 0 aliphatic carbocycles. The van der Waals surface area contributed by atoms with Gasteiger partial charge in [0.1, 0.15) is 5.75 Å². The van der Waals surface area contributed by atoms with E-state index >= 15 is 0 Å². The number of carboxylic acids is 1. The predicted molar refractivity (Wildman–Crippen MR) is 136 cm³/mol. The number of benzene rings is 2. The second-order valence-corrected chi connectivity index (χ2v) is 9.71. The lowest BCUT2D eigenvalue weighted by molar-refractivity contribution is -0.137. The maximum absolute atomic E-state index is 13.6. The fourth-order valence-corrected chi connectivity index (χ4v) is 5.57. The maximum atomic E-state index is 13.6. The van der Waals surface area contributed by atoms with E-state index in [1.165, 1.54) is 13.2 Å². The van der Waals surface area contributed by atoms with Crippen LogP contribution >= 0.6 is 0 Å². The highest BCUT2D eigenvalue weighted by Gasteiger charge is 2.32. The van der Waals surface area contributed by atoms with Gasteiger partial charge in [-0.05, 0) is 50.2 Å². The summed E-state index contributed by atoms with van der Waals surface area (Å²) in [6.07, 6.45) is -2.69. The highest BCUT2D eigenvalue weighted by atomic mass is 19.4. The van der Waals surface area contributed by atoms with Gasteiger partial charge in [-0.2, -0.15) is 13.2 Å². The number of aromatic nitrogens is 1. The van der Waals surface area contributed by atoms with Gasteiger partial charge in [0.05, 0.1) is 48.0 Å². The number of fused-ring (bicyclic) bond motifs is 1. The Labute approximate surface area is 218 Å². The van der Waals surface area contributed by atoms with E-state index in [1.807, 2.05) is 0 Å². The molecule has 10 heteroatoms. The maximum Gasteiger partial charge on any atom is 0.416 e. The number of carboxylic acid groups (broad SMARTS) is 1. The lowest BCUT2D eigenvalue weighted by atomic mass is 9.94. The van der Waals surface area contributed by atoms with Crippen molar-refractivity contribution in [2.45, 2.75) is 31.6 Å². The number of rotatable bonds is 6. The molecule has 0 unspecified atom stereocenters. The largest absolute Gasteiger partial charge is 0.496 e. The third kappa shape index (κ3) is 5.34. The van der Waals surface area contributed by atoms with Gasteiger partial charge in [0.25, 0.3) is 0 Å². The Hall–Kier alpha value is -3.21. The molecule has 2 aliphatic heterocycles. The van der Waals surface area contributed by atoms with Gasteiger partial charge in [-0.25, -0.2) is 9.78 Å². The van der Waals surface area contributed by atoms with E-state index in [4.69, 9.17) is 14.5 Å². The van der Waals surface area contributed by atoms with Crippen molar-refractivity contribution in [3.8, 4) is 17.0 Å². The number of morpholine rings is 1. The number of hydrogen-bond acceptors (Lipinski definition) is 6. The first kappa shape index (κ1) is 26.4. The number of nitrogens with zero attached hydrogens (tertiary/aromatic N) is 3. The Balaban J connectivity index is 1.57. The van der Waals surface area contributed by atoms with Gasteiger partial charge < -0.3 is 14.6 Å². The third-order valence-electron chi connectivity index (χ3n) is 7.47. The van der Waals surface area contributed by atoms with E-state index in [0.717, 1.165) is 64.4 Å². The minimum absolute atomic E-state index is 0.00941. The van der Waals surface area contributed by atoms with Crippen LogP contribution in [0.1, 0.15) is 34.3 Å². The van der Waals surface area contributed by atoms with Crippen molar-refractivity contribution in [3.05, 3.63) is 59.2 Å². The number of hydrogen-bond donors (Lipinski definition) is 1. The zero-order valence-corrected chi connectivity index (χ0v) is 21.1. The molecule has 38 heavy (non-hydrogen) atoms. The van der Waals surface area contributed by atoms with Crippen molar-refractivity contribution in [1.29, 1.82) is 0 Å². The molecule has 7 nitrogen and oxygen atoms in total. The van der Waals surface area contributed by atoms with Crippen molar-refractivity contribution in [2.75, 3.05) is 46.5 Å². The Morgan fingerprint density at radius 3 is 2.47 bits per heavy atom. The van der Waals surface area contributed by atoms with E-state index in [-0.39, 0.29) is 23.4 Å². The molecule has 0 amide bonds. The van der Waals surface area contributed by atoms with Gasteiger partial charge >= 0.3 is 12.1 Å². The summed E-state index contributed by atoms with van der Waals surface area (Å²) in [7, 11) is 1.46. The van der Waals surface area contributed by atoms with Crippen LogP contribution in [0.25, 0.3) is 22.2 Å². The molecule has 3 aromatic rings. The minimum Gasteiger partial charge on any atom is -0.496 e. The van der Waals surface area contributed by atoms with Crippen molar-refractivity contribution >= 4 is 16.9 Å². The molecule has 0 atom stereocenters. The number of methoxy groups -OCH3 is 1. The van der Waals surface area contributed by atoms with E-state index in [1.54, 1.807) is 24.3 Å². The van der Waals surface area contributed by atoms with Crippen molar-refractivity contribution in [3.63, 3.8) is 0 Å². The zero-order chi connectivity index (χ0) is 26.9. The van der Waals surface area contributed by atoms with Gasteiger partial charge in [-0.3, -0.25) is 9.80 Å². The summed E-state index contributed by atoms with van der Waals surface area (Å²) < 4.78 is 51.6. The fraction of sp³-hybridized carbons (Fsp3) is 0.429. The summed E-state index contributed by atoms with van der Waals surface area (Å²) in [5.41, 5.74) is 0.407. The number of alkyl halides is 3. The number of aromatic carboxylic acids is 1. The minimum atomic E-state index is -4.53. The Morgan fingerprint density at radius 1 is 1.11 bits per heavy atom. The van der Waals surface area contributed by atoms with Gasteiger partial charge in [0, 0.05) is 36.8 Å². The smallest absolute Gasteiger partial charge is 0.416 e. The van der Waals surface area contributed by atoms with Crippen LogP contribution in [0, 0.1) is 0 Å². The summed E-state index contributed by atoms with van der Waals surface area (Å²) in [5, 5.41) is 10.7. The Morgan fingerprint density at radius 2 is 1.82 bits per heavy atom. The Bertz CT molecular complexity index is 1320. The van der Waals surface area contributed by atoms with Crippen LogP contribution in [-0.4, -0.2) is 78.4 Å². The van der Waals surface area contributed by atoms with E-state index < -0.39 is 17.7 Å². The summed E-state index contributed by atoms with van der Waals surface area (Å²) in [6.45, 7) is 5.01. The number of piperidine rings is 1. The average Bonchev–Trinajstić information content (AvgIpc) is 2.92. The van der Waals surface area contributed by atoms with Crippen molar-refractivity contribution in [2.24, 2.45) is 0 Å². The van der Waals surface area contributed by atoms with Crippen LogP contribution in [0.15, 0.2) is 42.5 Å². The molecule has 5 rings (SSSR count). The predicted octanol–water partition coefficient (Wildman–Crippen LogP) is 4.92. The lowest BCUT2D eigenvalue weighted by Gasteiger charge is -2.40. The second kappa shape index (κ2) is 10.9. The normalized spacial score (nSPS) is 18.1. The summed E-state index contributed by atoms with van der Waals surface area (Å²) in [4.78, 5) is 22.0. The molecule has 2 aromatic carbocycles. The number of pyridine rings is 1. The number of carbonyl (C=O) groups is 1. The number of likely N-dealkylation sites (tertiary alicyclic amines) is 1. The summed E-state index contributed by atoms with van der Waals surface area (Å²) in [5.74, 6) is -0.816. The van der Waals surface area contributed by atoms with Crippen LogP contribution < -0.4 is 4.74 Å². The molecular weight excluding hydrogens is 499 g/mol. The first-order valence-corrected chi connectivity index (χ1v) is 12.7. The molecule has 2 fully saturated rings. The SMILES string of the molecule is COc1cccc2nc(-c3cccc(C(F)(F)F)c3)c(CN3CCC(N4CCOCC4)CC3)c(C(=O)O)c12. The van der Waals surface area contributed by atoms with E-state index in [0.29, 0.717) is 28.3 Å². The first-order chi connectivity index (χ1) is 18.3. The topological polar surface area (TPSA) is 75.1 Å². The standard InChI is InChI=1S/C28H30F3N3O4/c1-37-23-7-3-6-22-25(23)24(27(35)36)21(26(32-22)18-4-2-5-19(16-18)28(29,30)31)17-33-10-8-20(9-11-33)34-12-14-38-15-13-34/h2-7,16,20H,8-15,17H2,1H3,(H,35,36). The molecule has 202 valence electrons. The number of halogens is 3. The molecule has 0 saturated carbocycles. The highest BCUT2D eigenvalue weighted by molar-refractivity contribution is 6.08. The molecule has 1 aromatic heterocycles. The quantitative estimate of drug-likeness (QED) is 0.486. The molecule has 1 N–H and O–H groups in total. The third-order valence-corrected chi connectivity index (χ3v) is 7.47. The zero-order valence-electron chi connectivity index (χ0n) is 21.1. The van der Waals surface area contributed by atoms with Crippen molar-refractivity contribution < 1.29 is 32.5 Å². The van der Waals surface area contributed by atoms with E-state index in [9.17, 15) is 23.1 Å². The van der Waals surface area contributed by atoms with Crippen LogP contribution in [0.3, 0.4) is 0 Å². The lowest BCUT2D eigenvalue weighted by Crippen LogP contribution is -2.48. The van der Waals surface area contributed by atoms with Gasteiger partial charge in [-0.15, -0.1) is 0 Å². The molecular formula is C28H30F3N3O4. The van der Waals surface area contributed by atoms with Crippen molar-refractivity contribution in [1.82, 2.24) is 14.8 Å². The van der Waals surface area contributed by atoms with Crippen LogP contribution in [0.5, 0.6) is 5.75 Å². The molecule has 0 spiro atoms. The molecule has 0 radical (unpaired) electrons. The molecule has 2 aliphatic rings. The van der Waals surface area contributed by atoms with Gasteiger partial charge in [0.15, 0.2) is 0 Å². The van der Waals surface area contributed by atoms with Gasteiger partial charge in [-0.1, -0.05) is 18.2 Å². The van der Waals surface area contributed by atoms with Gasteiger partial charge in [0.2, 0.25) is 0 Å². The van der Waals surface area contributed by atoms with Crippen LogP contribution in [0.4, 0.5) is 13.2 Å². The highest BCUT2D eigenvalue weighted by Crippen LogP contribution is 2.38. The fourth-order valence-electron chi connectivity index (χ4n) is 5.57.